The zero-order chi connectivity index (χ0) is 23.9. The van der Waals surface area contributed by atoms with Gasteiger partial charge in [-0.1, -0.05) is 66.7 Å². The Bertz CT molecular complexity index is 1210. The molecule has 0 saturated carbocycles. The number of fused-ring (bicyclic) bond motifs is 3. The summed E-state index contributed by atoms with van der Waals surface area (Å²) in [6.45, 7) is 0.558. The van der Waals surface area contributed by atoms with Crippen LogP contribution in [-0.2, 0) is 16.1 Å². The van der Waals surface area contributed by atoms with Gasteiger partial charge in [0.1, 0.15) is 6.61 Å². The van der Waals surface area contributed by atoms with Crippen LogP contribution >= 0.6 is 0 Å². The number of ether oxygens (including phenoxy) is 1. The van der Waals surface area contributed by atoms with E-state index < -0.39 is 12.1 Å². The molecule has 0 saturated heterocycles. The first-order valence-corrected chi connectivity index (χ1v) is 10.9. The molecule has 7 nitrogen and oxygen atoms in total. The SMILES string of the molecule is O=C(/C=C/CNC(=O)OCC1c2ccccc2-c2ccccc21)NCc1cccc(C(=O)O)c1. The third-order valence-corrected chi connectivity index (χ3v) is 5.62. The van der Waals surface area contributed by atoms with Gasteiger partial charge in [0.15, 0.2) is 0 Å². The lowest BCUT2D eigenvalue weighted by Gasteiger charge is -2.14. The number of nitrogens with one attached hydrogen (secondary N) is 2. The fourth-order valence-corrected chi connectivity index (χ4v) is 4.02. The normalized spacial score (nSPS) is 12.1. The van der Waals surface area contributed by atoms with Crippen LogP contribution in [0.4, 0.5) is 4.79 Å². The van der Waals surface area contributed by atoms with Gasteiger partial charge in [-0.2, -0.15) is 0 Å². The molecule has 4 rings (SSSR count). The molecule has 0 aliphatic heterocycles. The molecule has 172 valence electrons. The number of carboxylic acid groups (broad SMARTS) is 1. The molecule has 0 fully saturated rings. The minimum atomic E-state index is -1.02. The summed E-state index contributed by atoms with van der Waals surface area (Å²) >= 11 is 0. The Labute approximate surface area is 197 Å². The number of alkyl carbamates (subject to hydrolysis) is 1. The van der Waals surface area contributed by atoms with Crippen LogP contribution in [0.1, 0.15) is 33.0 Å². The fraction of sp³-hybridized carbons (Fsp3) is 0.148. The smallest absolute Gasteiger partial charge is 0.407 e. The Morgan fingerprint density at radius 2 is 1.56 bits per heavy atom. The summed E-state index contributed by atoms with van der Waals surface area (Å²) in [4.78, 5) is 35.1. The summed E-state index contributed by atoms with van der Waals surface area (Å²) in [7, 11) is 0. The molecule has 0 heterocycles. The number of hydrogen-bond acceptors (Lipinski definition) is 4. The molecule has 0 unspecified atom stereocenters. The van der Waals surface area contributed by atoms with Crippen LogP contribution in [0.3, 0.4) is 0 Å². The van der Waals surface area contributed by atoms with Crippen molar-refractivity contribution < 1.29 is 24.2 Å². The lowest BCUT2D eigenvalue weighted by molar-refractivity contribution is -0.116. The van der Waals surface area contributed by atoms with Gasteiger partial charge in [0.05, 0.1) is 5.56 Å². The fourth-order valence-electron chi connectivity index (χ4n) is 4.02. The van der Waals surface area contributed by atoms with E-state index in [0.717, 1.165) is 22.3 Å². The van der Waals surface area contributed by atoms with Crippen molar-refractivity contribution in [1.29, 1.82) is 0 Å². The van der Waals surface area contributed by atoms with E-state index in [-0.39, 0.29) is 37.1 Å². The molecule has 1 aliphatic carbocycles. The van der Waals surface area contributed by atoms with E-state index in [9.17, 15) is 14.4 Å². The van der Waals surface area contributed by atoms with Crippen LogP contribution in [-0.4, -0.2) is 36.2 Å². The van der Waals surface area contributed by atoms with E-state index in [4.69, 9.17) is 9.84 Å². The Kier molecular flexibility index (Phi) is 7.03. The summed E-state index contributed by atoms with van der Waals surface area (Å²) in [5.41, 5.74) is 5.45. The quantitative estimate of drug-likeness (QED) is 0.443. The number of carbonyl (C=O) groups is 3. The maximum atomic E-state index is 12.2. The van der Waals surface area contributed by atoms with E-state index in [1.165, 1.54) is 24.3 Å². The predicted octanol–water partition coefficient (Wildman–Crippen LogP) is 4.10. The van der Waals surface area contributed by atoms with Crippen molar-refractivity contribution in [3.05, 3.63) is 107 Å². The highest BCUT2D eigenvalue weighted by molar-refractivity contribution is 5.88. The monoisotopic (exact) mass is 456 g/mol. The maximum Gasteiger partial charge on any atom is 0.407 e. The first-order chi connectivity index (χ1) is 16.5. The Balaban J connectivity index is 1.22. The molecule has 0 radical (unpaired) electrons. The highest BCUT2D eigenvalue weighted by atomic mass is 16.5. The summed E-state index contributed by atoms with van der Waals surface area (Å²) in [5.74, 6) is -1.39. The van der Waals surface area contributed by atoms with Crippen molar-refractivity contribution in [3.63, 3.8) is 0 Å². The average Bonchev–Trinajstić information content (AvgIpc) is 3.18. The number of amides is 2. The molecular weight excluding hydrogens is 432 g/mol. The van der Waals surface area contributed by atoms with Crippen molar-refractivity contribution in [2.24, 2.45) is 0 Å². The Morgan fingerprint density at radius 3 is 2.24 bits per heavy atom. The molecule has 0 aromatic heterocycles. The van der Waals surface area contributed by atoms with Gasteiger partial charge in [0.25, 0.3) is 0 Å². The second-order valence-electron chi connectivity index (χ2n) is 7.83. The molecule has 3 aromatic rings. The Hall–Kier alpha value is -4.39. The molecule has 3 aromatic carbocycles. The second kappa shape index (κ2) is 10.5. The average molecular weight is 456 g/mol. The Morgan fingerprint density at radius 1 is 0.882 bits per heavy atom. The lowest BCUT2D eigenvalue weighted by atomic mass is 9.98. The first kappa shape index (κ1) is 22.8. The van der Waals surface area contributed by atoms with E-state index in [0.29, 0.717) is 5.56 Å². The van der Waals surface area contributed by atoms with Gasteiger partial charge in [-0.3, -0.25) is 4.79 Å². The zero-order valence-electron chi connectivity index (χ0n) is 18.4. The van der Waals surface area contributed by atoms with Crippen LogP contribution in [0, 0.1) is 0 Å². The largest absolute Gasteiger partial charge is 0.478 e. The molecule has 3 N–H and O–H groups in total. The number of benzene rings is 3. The minimum Gasteiger partial charge on any atom is -0.478 e. The van der Waals surface area contributed by atoms with Crippen molar-refractivity contribution in [3.8, 4) is 11.1 Å². The summed E-state index contributed by atoms with van der Waals surface area (Å²) in [5, 5.41) is 14.3. The summed E-state index contributed by atoms with van der Waals surface area (Å²) < 4.78 is 5.45. The van der Waals surface area contributed by atoms with Crippen molar-refractivity contribution in [2.75, 3.05) is 13.2 Å². The number of rotatable bonds is 8. The van der Waals surface area contributed by atoms with Crippen LogP contribution in [0.5, 0.6) is 0 Å². The van der Waals surface area contributed by atoms with Gasteiger partial charge < -0.3 is 20.5 Å². The van der Waals surface area contributed by atoms with Gasteiger partial charge in [-0.25, -0.2) is 9.59 Å². The standard InChI is InChI=1S/C27H24N2O5/c30-25(29-16-18-7-5-8-19(15-18)26(31)32)13-6-14-28-27(33)34-17-24-22-11-3-1-9-20(22)21-10-2-4-12-23(21)24/h1-13,15,24H,14,16-17H2,(H,28,33)(H,29,30)(H,31,32)/b13-6+. The second-order valence-corrected chi connectivity index (χ2v) is 7.83. The zero-order valence-corrected chi connectivity index (χ0v) is 18.4. The van der Waals surface area contributed by atoms with Gasteiger partial charge in [-0.15, -0.1) is 0 Å². The predicted molar refractivity (Wildman–Crippen MR) is 127 cm³/mol. The van der Waals surface area contributed by atoms with Crippen LogP contribution in [0.25, 0.3) is 11.1 Å². The third kappa shape index (κ3) is 5.32. The van der Waals surface area contributed by atoms with Gasteiger partial charge in [0, 0.05) is 25.1 Å². The molecular formula is C27H24N2O5. The highest BCUT2D eigenvalue weighted by Gasteiger charge is 2.28. The van der Waals surface area contributed by atoms with Crippen molar-refractivity contribution >= 4 is 18.0 Å². The van der Waals surface area contributed by atoms with Crippen LogP contribution in [0.2, 0.25) is 0 Å². The maximum absolute atomic E-state index is 12.2. The number of carbonyl (C=O) groups excluding carboxylic acids is 2. The topological polar surface area (TPSA) is 105 Å². The number of hydrogen-bond donors (Lipinski definition) is 3. The van der Waals surface area contributed by atoms with Crippen molar-refractivity contribution in [2.45, 2.75) is 12.5 Å². The van der Waals surface area contributed by atoms with Gasteiger partial charge in [-0.05, 0) is 39.9 Å². The molecule has 2 amide bonds. The molecule has 7 heteroatoms. The molecule has 0 bridgehead atoms. The lowest BCUT2D eigenvalue weighted by Crippen LogP contribution is -2.26. The van der Waals surface area contributed by atoms with Crippen LogP contribution < -0.4 is 10.6 Å². The summed E-state index contributed by atoms with van der Waals surface area (Å²) in [6, 6.07) is 22.6. The first-order valence-electron chi connectivity index (χ1n) is 10.9. The molecule has 0 spiro atoms. The molecule has 0 atom stereocenters. The van der Waals surface area contributed by atoms with E-state index in [1.807, 2.05) is 24.3 Å². The summed E-state index contributed by atoms with van der Waals surface area (Å²) in [6.07, 6.45) is 2.27. The van der Waals surface area contributed by atoms with E-state index in [1.54, 1.807) is 12.1 Å². The minimum absolute atomic E-state index is 0.0147. The van der Waals surface area contributed by atoms with Gasteiger partial charge in [0.2, 0.25) is 5.91 Å². The van der Waals surface area contributed by atoms with Gasteiger partial charge >= 0.3 is 12.1 Å². The number of aromatic carboxylic acids is 1. The molecule has 34 heavy (non-hydrogen) atoms. The van der Waals surface area contributed by atoms with Crippen LogP contribution in [0.15, 0.2) is 84.9 Å². The highest BCUT2D eigenvalue weighted by Crippen LogP contribution is 2.44. The molecule has 1 aliphatic rings. The number of carboxylic acids is 1. The van der Waals surface area contributed by atoms with Crippen molar-refractivity contribution in [1.82, 2.24) is 10.6 Å². The third-order valence-electron chi connectivity index (χ3n) is 5.62. The van der Waals surface area contributed by atoms with E-state index >= 15 is 0 Å². The van der Waals surface area contributed by atoms with E-state index in [2.05, 4.69) is 34.9 Å².